The highest BCUT2D eigenvalue weighted by Gasteiger charge is 2.34. The number of benzene rings is 2. The van der Waals surface area contributed by atoms with Gasteiger partial charge in [0.15, 0.2) is 11.6 Å². The molecule has 0 aromatic heterocycles. The maximum absolute atomic E-state index is 14.9. The molecule has 0 spiro atoms. The van der Waals surface area contributed by atoms with Gasteiger partial charge in [0.25, 0.3) is 0 Å². The highest BCUT2D eigenvalue weighted by Crippen LogP contribution is 2.35. The summed E-state index contributed by atoms with van der Waals surface area (Å²) >= 11 is 0. The molecule has 0 bridgehead atoms. The Morgan fingerprint density at radius 1 is 1.08 bits per heavy atom. The maximum Gasteiger partial charge on any atom is 0.244 e. The monoisotopic (exact) mass is 380 g/mol. The molecule has 1 fully saturated rings. The van der Waals surface area contributed by atoms with Crippen LogP contribution in [0.25, 0.3) is 11.1 Å². The number of thiol groups is 1. The average molecular weight is 380 g/mol. The minimum absolute atomic E-state index is 0.0441. The molecule has 1 saturated heterocycles. The van der Waals surface area contributed by atoms with E-state index < -0.39 is 21.6 Å². The van der Waals surface area contributed by atoms with Crippen molar-refractivity contribution in [2.45, 2.75) is 17.4 Å². The summed E-state index contributed by atoms with van der Waals surface area (Å²) in [5, 5.41) is 2.87. The lowest BCUT2D eigenvalue weighted by atomic mass is 10.0. The topological polar surface area (TPSA) is 49.4 Å². The number of nitrogens with zero attached hydrogens (tertiary/aromatic N) is 1. The van der Waals surface area contributed by atoms with Crippen LogP contribution >= 0.6 is 0 Å². The molecule has 1 heterocycles. The number of halogens is 2. The molecule has 0 radical (unpaired) electrons. The molecule has 1 unspecified atom stereocenters. The molecule has 1 atom stereocenters. The fraction of sp³-hybridized carbons (Fsp3) is 0.316. The number of nitrogens with one attached hydrogen (secondary N) is 1. The van der Waals surface area contributed by atoms with E-state index in [9.17, 15) is 17.8 Å². The van der Waals surface area contributed by atoms with Gasteiger partial charge in [-0.3, -0.25) is 9.00 Å². The van der Waals surface area contributed by atoms with Gasteiger partial charge in [-0.1, -0.05) is 28.1 Å². The molecule has 2 aromatic carbocycles. The smallest absolute Gasteiger partial charge is 0.244 e. The minimum Gasteiger partial charge on any atom is -0.309 e. The Morgan fingerprint density at radius 2 is 1.77 bits per heavy atom. The molecule has 2 aromatic rings. The molecular formula is C19H22F2N2O2S. The second kappa shape index (κ2) is 6.89. The summed E-state index contributed by atoms with van der Waals surface area (Å²) in [6.45, 7) is 0.329. The van der Waals surface area contributed by atoms with Gasteiger partial charge in [-0.15, -0.1) is 0 Å². The fourth-order valence-corrected chi connectivity index (χ4v) is 4.53. The highest BCUT2D eigenvalue weighted by atomic mass is 32.2. The normalized spacial score (nSPS) is 18.4. The van der Waals surface area contributed by atoms with Crippen molar-refractivity contribution in [3.05, 3.63) is 48.0 Å². The van der Waals surface area contributed by atoms with Crippen LogP contribution in [-0.4, -0.2) is 42.3 Å². The number of likely N-dealkylation sites (N-methyl/N-ethyl adjacent to an activating group) is 1. The predicted molar refractivity (Wildman–Crippen MR) is 101 cm³/mol. The SMILES string of the molecule is CNC1CCN(c2ccc(-c3ccccc3[SH](C)(C)=O)c(F)c2F)C1=O. The summed E-state index contributed by atoms with van der Waals surface area (Å²) in [7, 11) is -1.01. The standard InChI is InChI=1S/C19H22F2N2O2S/c1-22-14-10-11-23(19(14)24)15-9-8-13(17(20)18(15)21)12-6-4-5-7-16(12)26(2,3)25/h4-9,14,22,26H,10-11H2,1-3H3. The molecule has 0 saturated carbocycles. The molecule has 0 aliphatic carbocycles. The van der Waals surface area contributed by atoms with E-state index in [1.165, 1.54) is 17.0 Å². The summed E-state index contributed by atoms with van der Waals surface area (Å²) in [6, 6.07) is 9.19. The Bertz CT molecular complexity index is 910. The van der Waals surface area contributed by atoms with Gasteiger partial charge >= 0.3 is 0 Å². The quantitative estimate of drug-likeness (QED) is 0.802. The van der Waals surface area contributed by atoms with Crippen LogP contribution in [0, 0.1) is 11.6 Å². The fourth-order valence-electron chi connectivity index (χ4n) is 3.31. The first-order valence-corrected chi connectivity index (χ1v) is 11.0. The van der Waals surface area contributed by atoms with Gasteiger partial charge in [0, 0.05) is 17.0 Å². The number of amides is 1. The molecule has 1 aliphatic heterocycles. The van der Waals surface area contributed by atoms with Crippen molar-refractivity contribution in [2.24, 2.45) is 0 Å². The van der Waals surface area contributed by atoms with Crippen molar-refractivity contribution >= 4 is 21.5 Å². The molecule has 1 aliphatic rings. The van der Waals surface area contributed by atoms with E-state index in [1.54, 1.807) is 43.8 Å². The van der Waals surface area contributed by atoms with E-state index in [2.05, 4.69) is 5.32 Å². The van der Waals surface area contributed by atoms with Gasteiger partial charge in [-0.25, -0.2) is 8.78 Å². The van der Waals surface area contributed by atoms with Gasteiger partial charge in [0.05, 0.1) is 11.7 Å². The zero-order chi connectivity index (χ0) is 19.1. The maximum atomic E-state index is 14.9. The Labute approximate surface area is 152 Å². The second-order valence-electron chi connectivity index (χ2n) is 6.75. The zero-order valence-electron chi connectivity index (χ0n) is 14.9. The molecule has 1 N–H and O–H groups in total. The summed E-state index contributed by atoms with van der Waals surface area (Å²) in [4.78, 5) is 14.0. The molecular weight excluding hydrogens is 358 g/mol. The van der Waals surface area contributed by atoms with E-state index in [0.29, 0.717) is 23.4 Å². The van der Waals surface area contributed by atoms with Crippen molar-refractivity contribution in [1.29, 1.82) is 0 Å². The van der Waals surface area contributed by atoms with E-state index >= 15 is 0 Å². The number of hydrogen-bond acceptors (Lipinski definition) is 3. The number of carbonyl (C=O) groups excluding carboxylic acids is 1. The van der Waals surface area contributed by atoms with Gasteiger partial charge in [-0.05, 0) is 49.7 Å². The Morgan fingerprint density at radius 3 is 2.38 bits per heavy atom. The summed E-state index contributed by atoms with van der Waals surface area (Å²) in [5.41, 5.74) is 0.384. The first-order chi connectivity index (χ1) is 12.3. The molecule has 4 nitrogen and oxygen atoms in total. The van der Waals surface area contributed by atoms with Crippen molar-refractivity contribution in [3.63, 3.8) is 0 Å². The van der Waals surface area contributed by atoms with Crippen LogP contribution in [0.15, 0.2) is 41.3 Å². The van der Waals surface area contributed by atoms with Crippen LogP contribution in [0.5, 0.6) is 0 Å². The average Bonchev–Trinajstić information content (AvgIpc) is 2.97. The Balaban J connectivity index is 2.08. The number of anilines is 1. The zero-order valence-corrected chi connectivity index (χ0v) is 15.8. The second-order valence-corrected chi connectivity index (χ2v) is 9.93. The van der Waals surface area contributed by atoms with Crippen LogP contribution in [0.2, 0.25) is 0 Å². The van der Waals surface area contributed by atoms with E-state index in [4.69, 9.17) is 0 Å². The lowest BCUT2D eigenvalue weighted by Gasteiger charge is -2.21. The number of rotatable bonds is 4. The van der Waals surface area contributed by atoms with E-state index in [0.717, 1.165) is 0 Å². The predicted octanol–water partition coefficient (Wildman–Crippen LogP) is 2.59. The minimum atomic E-state index is -2.67. The van der Waals surface area contributed by atoms with Crippen LogP contribution in [0.4, 0.5) is 14.5 Å². The van der Waals surface area contributed by atoms with Crippen molar-refractivity contribution in [2.75, 3.05) is 31.0 Å². The van der Waals surface area contributed by atoms with Crippen molar-refractivity contribution < 1.29 is 17.8 Å². The molecule has 7 heteroatoms. The van der Waals surface area contributed by atoms with Crippen LogP contribution in [0.1, 0.15) is 6.42 Å². The summed E-state index contributed by atoms with van der Waals surface area (Å²) in [6.07, 6.45) is 3.72. The third kappa shape index (κ3) is 3.17. The third-order valence-electron chi connectivity index (χ3n) is 4.68. The summed E-state index contributed by atoms with van der Waals surface area (Å²) < 4.78 is 42.2. The Kier molecular flexibility index (Phi) is 4.94. The van der Waals surface area contributed by atoms with Crippen molar-refractivity contribution in [1.82, 2.24) is 5.32 Å². The number of hydrogen-bond donors (Lipinski definition) is 2. The largest absolute Gasteiger partial charge is 0.309 e. The highest BCUT2D eigenvalue weighted by molar-refractivity contribution is 8.01. The van der Waals surface area contributed by atoms with E-state index in [1.807, 2.05) is 0 Å². The first kappa shape index (κ1) is 18.7. The van der Waals surface area contributed by atoms with Crippen LogP contribution < -0.4 is 10.2 Å². The van der Waals surface area contributed by atoms with Gasteiger partial charge < -0.3 is 10.2 Å². The number of carbonyl (C=O) groups is 1. The lowest BCUT2D eigenvalue weighted by Crippen LogP contribution is -2.36. The Hall–Kier alpha value is -2.12. The van der Waals surface area contributed by atoms with E-state index in [-0.39, 0.29) is 23.2 Å². The van der Waals surface area contributed by atoms with Gasteiger partial charge in [-0.2, -0.15) is 0 Å². The molecule has 140 valence electrons. The third-order valence-corrected chi connectivity index (χ3v) is 6.23. The summed E-state index contributed by atoms with van der Waals surface area (Å²) in [5.74, 6) is -2.38. The van der Waals surface area contributed by atoms with Crippen molar-refractivity contribution in [3.8, 4) is 11.1 Å². The van der Waals surface area contributed by atoms with Gasteiger partial charge in [0.2, 0.25) is 5.91 Å². The van der Waals surface area contributed by atoms with Crippen LogP contribution in [-0.2, 0) is 14.7 Å². The first-order valence-electron chi connectivity index (χ1n) is 8.37. The molecule has 26 heavy (non-hydrogen) atoms. The van der Waals surface area contributed by atoms with Crippen LogP contribution in [0.3, 0.4) is 0 Å². The molecule has 3 rings (SSSR count). The van der Waals surface area contributed by atoms with Gasteiger partial charge in [0.1, 0.15) is 0 Å². The molecule has 1 amide bonds. The lowest BCUT2D eigenvalue weighted by molar-refractivity contribution is -0.118.